The molecule has 0 unspecified atom stereocenters. The van der Waals surface area contributed by atoms with Crippen molar-refractivity contribution >= 4 is 10.4 Å². The molecule has 0 aliphatic carbocycles. The first kappa shape index (κ1) is 14.3. The van der Waals surface area contributed by atoms with Gasteiger partial charge in [-0.05, 0) is 13.8 Å². The molecule has 0 aromatic rings. The highest BCUT2D eigenvalue weighted by Gasteiger charge is 1.87. The van der Waals surface area contributed by atoms with Crippen LogP contribution in [0.2, 0.25) is 0 Å². The van der Waals surface area contributed by atoms with Crippen LogP contribution in [-0.4, -0.2) is 41.9 Å². The Bertz CT molecular complexity index is 164. The van der Waals surface area contributed by atoms with E-state index in [9.17, 15) is 0 Å². The van der Waals surface area contributed by atoms with Gasteiger partial charge in [-0.25, -0.2) is 0 Å². The first-order valence-corrected chi connectivity index (χ1v) is 4.59. The number of hydrogen-bond acceptors (Lipinski definition) is 4. The quantitative estimate of drug-likeness (QED) is 0.545. The summed E-state index contributed by atoms with van der Waals surface area (Å²) in [4.78, 5) is 0. The van der Waals surface area contributed by atoms with Gasteiger partial charge in [0.05, 0.1) is 19.3 Å². The van der Waals surface area contributed by atoms with Gasteiger partial charge >= 0.3 is 10.4 Å². The van der Waals surface area contributed by atoms with E-state index in [1.54, 1.807) is 0 Å². The van der Waals surface area contributed by atoms with Crippen LogP contribution in [0.1, 0.15) is 13.8 Å². The van der Waals surface area contributed by atoms with Gasteiger partial charge in [-0.3, -0.25) is 9.11 Å². The van der Waals surface area contributed by atoms with E-state index in [0.717, 1.165) is 0 Å². The first-order chi connectivity index (χ1) is 5.27. The first-order valence-electron chi connectivity index (χ1n) is 3.19. The van der Waals surface area contributed by atoms with Gasteiger partial charge in [0.25, 0.3) is 0 Å². The van der Waals surface area contributed by atoms with E-state index in [1.165, 1.54) is 0 Å². The average molecular weight is 202 g/mol. The summed E-state index contributed by atoms with van der Waals surface area (Å²) in [7, 11) is -4.67. The lowest BCUT2D eigenvalue weighted by Crippen LogP contribution is -2.06. The summed E-state index contributed by atoms with van der Waals surface area (Å²) in [6.07, 6.45) is 0.243. The van der Waals surface area contributed by atoms with Crippen LogP contribution in [0, 0.1) is 0 Å². The Hall–Kier alpha value is -0.210. The van der Waals surface area contributed by atoms with Gasteiger partial charge < -0.3 is 9.84 Å². The second-order valence-corrected chi connectivity index (χ2v) is 2.99. The molecule has 12 heavy (non-hydrogen) atoms. The Labute approximate surface area is 71.7 Å². The fourth-order valence-corrected chi connectivity index (χ4v) is 0.288. The molecule has 3 N–H and O–H groups in total. The van der Waals surface area contributed by atoms with E-state index < -0.39 is 10.4 Å². The van der Waals surface area contributed by atoms with E-state index >= 15 is 0 Å². The van der Waals surface area contributed by atoms with Crippen molar-refractivity contribution in [3.05, 3.63) is 0 Å². The van der Waals surface area contributed by atoms with Crippen LogP contribution in [0.3, 0.4) is 0 Å². The van der Waals surface area contributed by atoms with Gasteiger partial charge in [0.2, 0.25) is 0 Å². The Morgan fingerprint density at radius 2 is 1.67 bits per heavy atom. The zero-order valence-corrected chi connectivity index (χ0v) is 7.78. The highest BCUT2D eigenvalue weighted by atomic mass is 32.3. The van der Waals surface area contributed by atoms with Crippen LogP contribution in [0.4, 0.5) is 0 Å². The number of rotatable bonds is 3. The Balaban J connectivity index is 0. The highest BCUT2D eigenvalue weighted by Crippen LogP contribution is 1.83. The average Bonchev–Trinajstić information content (AvgIpc) is 1.79. The third-order valence-corrected chi connectivity index (χ3v) is 0.542. The van der Waals surface area contributed by atoms with Gasteiger partial charge in [0, 0.05) is 0 Å². The molecular weight excluding hydrogens is 188 g/mol. The molecule has 0 radical (unpaired) electrons. The molecule has 7 heteroatoms. The predicted molar refractivity (Wildman–Crippen MR) is 42.4 cm³/mol. The number of aliphatic hydroxyl groups excluding tert-OH is 1. The molecule has 0 aromatic carbocycles. The summed E-state index contributed by atoms with van der Waals surface area (Å²) in [5.41, 5.74) is 0. The SMILES string of the molecule is CC(C)OCCO.O=S(=O)(O)O. The van der Waals surface area contributed by atoms with Crippen molar-refractivity contribution in [2.24, 2.45) is 0 Å². The van der Waals surface area contributed by atoms with Crippen LogP contribution in [0.25, 0.3) is 0 Å². The van der Waals surface area contributed by atoms with Crippen molar-refractivity contribution in [1.82, 2.24) is 0 Å². The molecular formula is C5H14O6S. The summed E-state index contributed by atoms with van der Waals surface area (Å²) < 4.78 is 36.5. The molecule has 0 atom stereocenters. The lowest BCUT2D eigenvalue weighted by Gasteiger charge is -2.02. The Morgan fingerprint density at radius 3 is 1.75 bits per heavy atom. The van der Waals surface area contributed by atoms with Gasteiger partial charge in [0.15, 0.2) is 0 Å². The molecule has 0 bridgehead atoms. The third kappa shape index (κ3) is 52.7. The summed E-state index contributed by atoms with van der Waals surface area (Å²) in [6, 6.07) is 0. The molecule has 0 aliphatic rings. The number of hydrogen-bond donors (Lipinski definition) is 3. The van der Waals surface area contributed by atoms with Crippen LogP contribution in [-0.2, 0) is 15.1 Å². The minimum atomic E-state index is -4.67. The van der Waals surface area contributed by atoms with E-state index in [1.807, 2.05) is 13.8 Å². The molecule has 0 rings (SSSR count). The molecule has 0 saturated carbocycles. The van der Waals surface area contributed by atoms with E-state index in [-0.39, 0.29) is 12.7 Å². The van der Waals surface area contributed by atoms with Crippen molar-refractivity contribution in [2.75, 3.05) is 13.2 Å². The highest BCUT2D eigenvalue weighted by molar-refractivity contribution is 7.79. The zero-order valence-electron chi connectivity index (χ0n) is 6.97. The second kappa shape index (κ2) is 7.44. The minimum Gasteiger partial charge on any atom is -0.394 e. The van der Waals surface area contributed by atoms with Crippen molar-refractivity contribution in [1.29, 1.82) is 0 Å². The Morgan fingerprint density at radius 1 is 1.33 bits per heavy atom. The molecule has 76 valence electrons. The second-order valence-electron chi connectivity index (χ2n) is 2.09. The van der Waals surface area contributed by atoms with E-state index in [0.29, 0.717) is 6.61 Å². The maximum Gasteiger partial charge on any atom is 0.394 e. The topological polar surface area (TPSA) is 104 Å². The fourth-order valence-electron chi connectivity index (χ4n) is 0.288. The maximum atomic E-state index is 8.74. The van der Waals surface area contributed by atoms with Crippen molar-refractivity contribution in [2.45, 2.75) is 20.0 Å². The van der Waals surface area contributed by atoms with Gasteiger partial charge in [-0.15, -0.1) is 0 Å². The molecule has 0 aliphatic heterocycles. The lowest BCUT2D eigenvalue weighted by atomic mass is 10.5. The summed E-state index contributed by atoms with van der Waals surface area (Å²) in [5, 5.41) is 8.19. The fraction of sp³-hybridized carbons (Fsp3) is 1.00. The summed E-state index contributed by atoms with van der Waals surface area (Å²) in [6.45, 7) is 4.46. The number of aliphatic hydroxyl groups is 1. The molecule has 0 amide bonds. The van der Waals surface area contributed by atoms with Crippen LogP contribution in [0.15, 0.2) is 0 Å². The van der Waals surface area contributed by atoms with Gasteiger partial charge in [-0.1, -0.05) is 0 Å². The molecule has 0 saturated heterocycles. The lowest BCUT2D eigenvalue weighted by molar-refractivity contribution is 0.0494. The Kier molecular flexibility index (Phi) is 8.88. The van der Waals surface area contributed by atoms with Gasteiger partial charge in [-0.2, -0.15) is 8.42 Å². The number of ether oxygens (including phenoxy) is 1. The van der Waals surface area contributed by atoms with Crippen molar-refractivity contribution in [3.63, 3.8) is 0 Å². The van der Waals surface area contributed by atoms with Crippen molar-refractivity contribution in [3.8, 4) is 0 Å². The van der Waals surface area contributed by atoms with Crippen LogP contribution in [0.5, 0.6) is 0 Å². The third-order valence-electron chi connectivity index (χ3n) is 0.542. The molecule has 0 aromatic heterocycles. The molecule has 0 spiro atoms. The normalized spacial score (nSPS) is 10.8. The van der Waals surface area contributed by atoms with E-state index in [4.69, 9.17) is 27.4 Å². The van der Waals surface area contributed by atoms with Crippen molar-refractivity contribution < 1.29 is 27.4 Å². The van der Waals surface area contributed by atoms with Crippen LogP contribution < -0.4 is 0 Å². The van der Waals surface area contributed by atoms with E-state index in [2.05, 4.69) is 0 Å². The van der Waals surface area contributed by atoms with Crippen LogP contribution >= 0.6 is 0 Å². The molecule has 6 nitrogen and oxygen atoms in total. The largest absolute Gasteiger partial charge is 0.394 e. The van der Waals surface area contributed by atoms with Gasteiger partial charge in [0.1, 0.15) is 0 Å². The standard InChI is InChI=1S/C5H12O2.H2O4S/c1-5(2)7-4-3-6;1-5(2,3)4/h5-6H,3-4H2,1-2H3;(H2,1,2,3,4). The monoisotopic (exact) mass is 202 g/mol. The smallest absolute Gasteiger partial charge is 0.394 e. The zero-order chi connectivity index (χ0) is 10.2. The summed E-state index contributed by atoms with van der Waals surface area (Å²) >= 11 is 0. The minimum absolute atomic E-state index is 0.123. The maximum absolute atomic E-state index is 8.74. The summed E-state index contributed by atoms with van der Waals surface area (Å²) in [5.74, 6) is 0. The predicted octanol–water partition coefficient (Wildman–Crippen LogP) is -0.249. The molecule has 0 heterocycles. The molecule has 0 fully saturated rings.